The summed E-state index contributed by atoms with van der Waals surface area (Å²) in [6.07, 6.45) is 2.47. The number of amides is 1. The van der Waals surface area contributed by atoms with E-state index in [1.54, 1.807) is 20.8 Å². The number of nitrogens with zero attached hydrogens (tertiary/aromatic N) is 2. The molecule has 28 heavy (non-hydrogen) atoms. The van der Waals surface area contributed by atoms with Gasteiger partial charge in [-0.25, -0.2) is 9.59 Å². The Hall–Kier alpha value is -3.21. The Bertz CT molecular complexity index is 916. The van der Waals surface area contributed by atoms with Crippen molar-refractivity contribution in [2.45, 2.75) is 27.3 Å². The van der Waals surface area contributed by atoms with Crippen molar-refractivity contribution in [3.63, 3.8) is 0 Å². The molecule has 0 fully saturated rings. The van der Waals surface area contributed by atoms with Crippen molar-refractivity contribution in [2.24, 2.45) is 0 Å². The van der Waals surface area contributed by atoms with Crippen LogP contribution in [0.5, 0.6) is 0 Å². The number of carbonyl (C=O) groups excluding carboxylic acids is 3. The topological polar surface area (TPSA) is 137 Å². The number of rotatable bonds is 8. The fraction of sp³-hybridized carbons (Fsp3) is 0.353. The van der Waals surface area contributed by atoms with Gasteiger partial charge in [-0.15, -0.1) is 11.3 Å². The van der Waals surface area contributed by atoms with Crippen LogP contribution in [0.2, 0.25) is 0 Å². The summed E-state index contributed by atoms with van der Waals surface area (Å²) in [6, 6.07) is 0. The van der Waals surface area contributed by atoms with Crippen molar-refractivity contribution in [1.82, 2.24) is 9.78 Å². The number of anilines is 1. The highest BCUT2D eigenvalue weighted by Gasteiger charge is 2.27. The Morgan fingerprint density at radius 3 is 2.43 bits per heavy atom. The lowest BCUT2D eigenvalue weighted by atomic mass is 10.1. The first-order valence-electron chi connectivity index (χ1n) is 8.31. The second kappa shape index (κ2) is 9.13. The summed E-state index contributed by atoms with van der Waals surface area (Å²) in [7, 11) is 0. The number of esters is 2. The van der Waals surface area contributed by atoms with E-state index in [1.807, 2.05) is 0 Å². The summed E-state index contributed by atoms with van der Waals surface area (Å²) >= 11 is 0.900. The Kier molecular flexibility index (Phi) is 6.88. The number of carboxylic acid groups (broad SMARTS) is 1. The summed E-state index contributed by atoms with van der Waals surface area (Å²) < 4.78 is 11.1. The molecule has 2 N–H and O–H groups in total. The Morgan fingerprint density at radius 2 is 1.82 bits per heavy atom. The van der Waals surface area contributed by atoms with E-state index >= 15 is 0 Å². The average molecular weight is 409 g/mol. The molecule has 0 saturated carbocycles. The van der Waals surface area contributed by atoms with Gasteiger partial charge in [0, 0.05) is 6.20 Å². The smallest absolute Gasteiger partial charge is 0.348 e. The monoisotopic (exact) mass is 409 g/mol. The summed E-state index contributed by atoms with van der Waals surface area (Å²) in [5.74, 6) is -3.00. The van der Waals surface area contributed by atoms with Crippen LogP contribution in [0, 0.1) is 6.92 Å². The van der Waals surface area contributed by atoms with Gasteiger partial charge in [-0.3, -0.25) is 14.3 Å². The van der Waals surface area contributed by atoms with Crippen LogP contribution in [-0.2, 0) is 20.8 Å². The van der Waals surface area contributed by atoms with Gasteiger partial charge in [0.25, 0.3) is 5.91 Å². The van der Waals surface area contributed by atoms with E-state index in [0.29, 0.717) is 5.56 Å². The third-order valence-corrected chi connectivity index (χ3v) is 4.69. The number of nitrogens with one attached hydrogen (secondary N) is 1. The van der Waals surface area contributed by atoms with Crippen LogP contribution < -0.4 is 5.32 Å². The molecule has 2 rings (SSSR count). The molecule has 0 unspecified atom stereocenters. The number of aromatic nitrogens is 2. The lowest BCUT2D eigenvalue weighted by Gasteiger charge is -2.06. The van der Waals surface area contributed by atoms with E-state index in [1.165, 1.54) is 12.4 Å². The van der Waals surface area contributed by atoms with Crippen molar-refractivity contribution in [3.05, 3.63) is 34.0 Å². The number of ether oxygens (including phenoxy) is 2. The number of carboxylic acids is 1. The van der Waals surface area contributed by atoms with Gasteiger partial charge in [0.05, 0.1) is 30.5 Å². The molecule has 11 heteroatoms. The number of hydrogen-bond acceptors (Lipinski definition) is 8. The minimum absolute atomic E-state index is 0.0705. The van der Waals surface area contributed by atoms with Crippen molar-refractivity contribution in [3.8, 4) is 0 Å². The van der Waals surface area contributed by atoms with Crippen LogP contribution in [0.1, 0.15) is 49.8 Å². The summed E-state index contributed by atoms with van der Waals surface area (Å²) in [5.41, 5.74) is 0.514. The standard InChI is InChI=1S/C17H19N3O7S/c1-4-26-16(24)12-9(3)13(17(25)27-5-2)28-15(12)19-14(23)10-6-18-20(7-10)8-11(21)22/h6-7H,4-5,8H2,1-3H3,(H,19,23)(H,21,22). The highest BCUT2D eigenvalue weighted by molar-refractivity contribution is 7.18. The predicted molar refractivity (Wildman–Crippen MR) is 98.8 cm³/mol. The molecule has 150 valence electrons. The highest BCUT2D eigenvalue weighted by Crippen LogP contribution is 2.34. The van der Waals surface area contributed by atoms with Crippen LogP contribution in [-0.4, -0.2) is 51.9 Å². The molecule has 0 radical (unpaired) electrons. The van der Waals surface area contributed by atoms with Gasteiger partial charge >= 0.3 is 17.9 Å². The van der Waals surface area contributed by atoms with Gasteiger partial charge in [-0.05, 0) is 26.3 Å². The van der Waals surface area contributed by atoms with Crippen LogP contribution in [0.4, 0.5) is 5.00 Å². The molecule has 10 nitrogen and oxygen atoms in total. The second-order valence-corrected chi connectivity index (χ2v) is 6.50. The maximum absolute atomic E-state index is 12.5. The summed E-state index contributed by atoms with van der Waals surface area (Å²) in [6.45, 7) is 4.75. The zero-order valence-corrected chi connectivity index (χ0v) is 16.3. The molecule has 0 bridgehead atoms. The highest BCUT2D eigenvalue weighted by atomic mass is 32.1. The molecule has 0 aliphatic heterocycles. The van der Waals surface area contributed by atoms with E-state index in [9.17, 15) is 19.2 Å². The van der Waals surface area contributed by atoms with Crippen molar-refractivity contribution in [1.29, 1.82) is 0 Å². The van der Waals surface area contributed by atoms with Gasteiger partial charge in [0.15, 0.2) is 0 Å². The fourth-order valence-corrected chi connectivity index (χ4v) is 3.41. The molecule has 2 aromatic rings. The summed E-state index contributed by atoms with van der Waals surface area (Å²) in [5, 5.41) is 15.3. The second-order valence-electron chi connectivity index (χ2n) is 5.48. The minimum atomic E-state index is -1.10. The van der Waals surface area contributed by atoms with Crippen LogP contribution >= 0.6 is 11.3 Å². The normalized spacial score (nSPS) is 10.4. The maximum Gasteiger partial charge on any atom is 0.348 e. The van der Waals surface area contributed by atoms with Gasteiger partial charge in [-0.1, -0.05) is 0 Å². The third kappa shape index (κ3) is 4.74. The van der Waals surface area contributed by atoms with E-state index in [2.05, 4.69) is 10.4 Å². The minimum Gasteiger partial charge on any atom is -0.480 e. The van der Waals surface area contributed by atoms with Gasteiger partial charge < -0.3 is 19.9 Å². The molecule has 0 spiro atoms. The molecule has 0 aromatic carbocycles. The van der Waals surface area contributed by atoms with Crippen molar-refractivity contribution < 1.29 is 33.8 Å². The number of aliphatic carboxylic acids is 1. The Balaban J connectivity index is 2.34. The molecule has 0 aliphatic rings. The molecule has 2 aromatic heterocycles. The first-order chi connectivity index (χ1) is 13.3. The van der Waals surface area contributed by atoms with Crippen molar-refractivity contribution >= 4 is 40.2 Å². The number of carbonyl (C=O) groups is 4. The van der Waals surface area contributed by atoms with Gasteiger partial charge in [-0.2, -0.15) is 5.10 Å². The fourth-order valence-electron chi connectivity index (χ4n) is 2.32. The number of thiophene rings is 1. The molecule has 2 heterocycles. The lowest BCUT2D eigenvalue weighted by molar-refractivity contribution is -0.137. The first-order valence-corrected chi connectivity index (χ1v) is 9.13. The summed E-state index contributed by atoms with van der Waals surface area (Å²) in [4.78, 5) is 47.8. The van der Waals surface area contributed by atoms with Crippen molar-refractivity contribution in [2.75, 3.05) is 18.5 Å². The molecule has 1 amide bonds. The first kappa shape index (κ1) is 21.1. The average Bonchev–Trinajstić information content (AvgIpc) is 3.19. The van der Waals surface area contributed by atoms with Crippen LogP contribution in [0.15, 0.2) is 12.4 Å². The SMILES string of the molecule is CCOC(=O)c1sc(NC(=O)c2cnn(CC(=O)O)c2)c(C(=O)OCC)c1C. The third-order valence-electron chi connectivity index (χ3n) is 3.51. The Morgan fingerprint density at radius 1 is 1.18 bits per heavy atom. The van der Waals surface area contributed by atoms with E-state index in [4.69, 9.17) is 14.6 Å². The molecular formula is C17H19N3O7S. The lowest BCUT2D eigenvalue weighted by Crippen LogP contribution is -2.15. The van der Waals surface area contributed by atoms with E-state index < -0.39 is 30.4 Å². The predicted octanol–water partition coefficient (Wildman–Crippen LogP) is 1.94. The molecular weight excluding hydrogens is 390 g/mol. The van der Waals surface area contributed by atoms with E-state index in [-0.39, 0.29) is 34.2 Å². The van der Waals surface area contributed by atoms with Crippen LogP contribution in [0.3, 0.4) is 0 Å². The largest absolute Gasteiger partial charge is 0.480 e. The number of hydrogen-bond donors (Lipinski definition) is 2. The molecule has 0 atom stereocenters. The zero-order valence-electron chi connectivity index (χ0n) is 15.5. The Labute approximate surface area is 164 Å². The molecule has 0 saturated heterocycles. The zero-order chi connectivity index (χ0) is 20.8. The van der Waals surface area contributed by atoms with Crippen LogP contribution in [0.25, 0.3) is 0 Å². The maximum atomic E-state index is 12.5. The molecule has 0 aliphatic carbocycles. The van der Waals surface area contributed by atoms with Gasteiger partial charge in [0.1, 0.15) is 16.4 Å². The van der Waals surface area contributed by atoms with E-state index in [0.717, 1.165) is 16.0 Å². The van der Waals surface area contributed by atoms with Gasteiger partial charge in [0.2, 0.25) is 0 Å². The quantitative estimate of drug-likeness (QED) is 0.631.